The summed E-state index contributed by atoms with van der Waals surface area (Å²) in [7, 11) is -1.61. The number of nitrogens with one attached hydrogen (secondary N) is 8. The summed E-state index contributed by atoms with van der Waals surface area (Å²) in [6.07, 6.45) is -18.3. The van der Waals surface area contributed by atoms with Gasteiger partial charge in [-0.2, -0.15) is 5.26 Å². The largest absolute Gasteiger partial charge is 0.463 e. The van der Waals surface area contributed by atoms with Crippen LogP contribution in [-0.2, 0) is 181 Å². The highest BCUT2D eigenvalue weighted by Gasteiger charge is 2.55. The van der Waals surface area contributed by atoms with Crippen molar-refractivity contribution in [3.05, 3.63) is 0 Å². The highest BCUT2D eigenvalue weighted by Crippen LogP contribution is 2.46. The molecule has 18 atom stereocenters. The van der Waals surface area contributed by atoms with Crippen LogP contribution in [0.3, 0.4) is 0 Å². The van der Waals surface area contributed by atoms with Crippen LogP contribution < -0.4 is 42.5 Å². The average Bonchev–Trinajstić information content (AvgIpc) is 0.795. The second-order valence-corrected chi connectivity index (χ2v) is 30.6. The number of ether oxygens (including phenoxy) is 19. The van der Waals surface area contributed by atoms with E-state index in [9.17, 15) is 81.5 Å². The second-order valence-electron chi connectivity index (χ2n) is 29.1. The van der Waals surface area contributed by atoms with Gasteiger partial charge in [-0.25, -0.2) is 4.67 Å². The molecule has 0 aromatic rings. The molecule has 0 saturated carbocycles. The van der Waals surface area contributed by atoms with Crippen molar-refractivity contribution in [2.45, 2.75) is 265 Å². The van der Waals surface area contributed by atoms with Gasteiger partial charge in [0, 0.05) is 134 Å². The molecule has 3 aliphatic heterocycles. The van der Waals surface area contributed by atoms with Crippen LogP contribution in [0.5, 0.6) is 0 Å². The molecule has 127 heavy (non-hydrogen) atoms. The molecular formula is C78H125N10O38P. The third kappa shape index (κ3) is 45.3. The molecule has 3 heterocycles. The van der Waals surface area contributed by atoms with Gasteiger partial charge in [0.2, 0.25) is 47.3 Å². The van der Waals surface area contributed by atoms with Gasteiger partial charge >= 0.3 is 53.7 Å². The third-order valence-corrected chi connectivity index (χ3v) is 19.7. The SMILES string of the molecule is CC(=O)NC1C(OCCOCCNC(=O)CC[C@H](NC(=O)CC[C@H](NC(=O)CCOCCOP(OCCC#N)N(C(C)C)C(C)C)C(=O)NCCOCCOC2OC(COC(C)=O)C(OC(C)=O)C(OC(C)=O)C2NC(C)=O)C(=O)NCCOCCOC2OC(COC(C)=O)C(OC(C)=O)C(OC(C)=O)C2NC(C)=O)OC(COC(C)=O)C(OC(C)=O)C1OC(C)=O. The predicted octanol–water partition coefficient (Wildman–Crippen LogP) is -2.37. The summed E-state index contributed by atoms with van der Waals surface area (Å²) >= 11 is 0. The zero-order valence-electron chi connectivity index (χ0n) is 74.5. The Morgan fingerprint density at radius 2 is 0.654 bits per heavy atom. The van der Waals surface area contributed by atoms with Crippen molar-refractivity contribution >= 4 is 110 Å². The minimum Gasteiger partial charge on any atom is -0.463 e. The maximum absolute atomic E-state index is 14.2. The summed E-state index contributed by atoms with van der Waals surface area (Å²) in [4.78, 5) is 216. The molecule has 49 heteroatoms. The Labute approximate surface area is 736 Å². The summed E-state index contributed by atoms with van der Waals surface area (Å²) in [6.45, 7) is 17.2. The Bertz CT molecular complexity index is 3590. The molecule has 3 fully saturated rings. The van der Waals surface area contributed by atoms with Crippen LogP contribution >= 0.6 is 8.53 Å². The molecule has 16 unspecified atom stereocenters. The molecule has 720 valence electrons. The van der Waals surface area contributed by atoms with E-state index in [0.717, 1.165) is 76.2 Å². The quantitative estimate of drug-likeness (QED) is 0.0137. The molecule has 8 N–H and O–H groups in total. The average molecular weight is 1840 g/mol. The molecular weight excluding hydrogens is 1720 g/mol. The lowest BCUT2D eigenvalue weighted by atomic mass is 9.96. The maximum Gasteiger partial charge on any atom is 0.303 e. The van der Waals surface area contributed by atoms with Gasteiger partial charge in [-0.1, -0.05) is 0 Å². The smallest absolute Gasteiger partial charge is 0.303 e. The number of esters is 9. The van der Waals surface area contributed by atoms with E-state index in [-0.39, 0.29) is 137 Å². The van der Waals surface area contributed by atoms with Crippen LogP contribution in [0, 0.1) is 11.3 Å². The summed E-state index contributed by atoms with van der Waals surface area (Å²) < 4.78 is 121. The van der Waals surface area contributed by atoms with E-state index in [1.807, 2.05) is 38.4 Å². The molecule has 48 nitrogen and oxygen atoms in total. The van der Waals surface area contributed by atoms with E-state index in [4.69, 9.17) is 104 Å². The van der Waals surface area contributed by atoms with E-state index in [1.54, 1.807) is 0 Å². The molecule has 0 spiro atoms. The van der Waals surface area contributed by atoms with Crippen LogP contribution in [-0.4, -0.2) is 347 Å². The molecule has 3 aliphatic rings. The van der Waals surface area contributed by atoms with Crippen LogP contribution in [0.15, 0.2) is 0 Å². The first-order chi connectivity index (χ1) is 60.1. The lowest BCUT2D eigenvalue weighted by Crippen LogP contribution is -2.66. The predicted molar refractivity (Wildman–Crippen MR) is 430 cm³/mol. The molecule has 0 radical (unpaired) electrons. The number of carbonyl (C=O) groups is 17. The van der Waals surface area contributed by atoms with Crippen molar-refractivity contribution in [3.63, 3.8) is 0 Å². The zero-order chi connectivity index (χ0) is 94.8. The summed E-state index contributed by atoms with van der Waals surface area (Å²) in [5.74, 6) is -12.8. The molecule has 3 rings (SSSR count). The van der Waals surface area contributed by atoms with Gasteiger partial charge in [0.05, 0.1) is 98.4 Å². The first-order valence-electron chi connectivity index (χ1n) is 41.1. The van der Waals surface area contributed by atoms with E-state index in [1.165, 1.54) is 6.92 Å². The Hall–Kier alpha value is -9.61. The number of carbonyl (C=O) groups excluding carboxylic acids is 17. The lowest BCUT2D eigenvalue weighted by Gasteiger charge is -2.44. The maximum atomic E-state index is 14.2. The molecule has 0 aliphatic carbocycles. The molecule has 0 aromatic carbocycles. The van der Waals surface area contributed by atoms with Crippen molar-refractivity contribution in [3.8, 4) is 6.07 Å². The number of rotatable bonds is 59. The van der Waals surface area contributed by atoms with Gasteiger partial charge in [0.25, 0.3) is 8.53 Å². The third-order valence-electron chi connectivity index (χ3n) is 17.6. The number of amides is 8. The molecule has 3 saturated heterocycles. The minimum atomic E-state index is -1.61. The van der Waals surface area contributed by atoms with Crippen LogP contribution in [0.2, 0.25) is 0 Å². The van der Waals surface area contributed by atoms with Gasteiger partial charge in [0.1, 0.15) is 68.3 Å². The van der Waals surface area contributed by atoms with Crippen LogP contribution in [0.1, 0.15) is 149 Å². The lowest BCUT2D eigenvalue weighted by molar-refractivity contribution is -0.279. The highest BCUT2D eigenvalue weighted by atomic mass is 31.2. The van der Waals surface area contributed by atoms with Gasteiger partial charge in [-0.05, 0) is 40.5 Å². The highest BCUT2D eigenvalue weighted by molar-refractivity contribution is 7.44. The summed E-state index contributed by atoms with van der Waals surface area (Å²) in [5, 5.41) is 30.0. The van der Waals surface area contributed by atoms with Gasteiger partial charge in [0.15, 0.2) is 55.5 Å². The summed E-state index contributed by atoms with van der Waals surface area (Å²) in [6, 6.07) is -4.69. The van der Waals surface area contributed by atoms with E-state index in [0.29, 0.717) is 0 Å². The topological polar surface area (TPSA) is 607 Å². The molecule has 0 aromatic heterocycles. The minimum absolute atomic E-state index is 0.00482. The summed E-state index contributed by atoms with van der Waals surface area (Å²) in [5.41, 5.74) is 0. The van der Waals surface area contributed by atoms with Crippen LogP contribution in [0.4, 0.5) is 0 Å². The van der Waals surface area contributed by atoms with Crippen LogP contribution in [0.25, 0.3) is 0 Å². The van der Waals surface area contributed by atoms with Gasteiger partial charge in [-0.3, -0.25) is 81.5 Å². The Balaban J connectivity index is 1.87. The monoisotopic (exact) mass is 1840 g/mol. The van der Waals surface area contributed by atoms with Gasteiger partial charge < -0.3 is 142 Å². The van der Waals surface area contributed by atoms with Crippen molar-refractivity contribution < 1.29 is 181 Å². The van der Waals surface area contributed by atoms with Gasteiger partial charge in [-0.15, -0.1) is 0 Å². The number of hydrogen-bond acceptors (Lipinski definition) is 40. The van der Waals surface area contributed by atoms with Crippen molar-refractivity contribution in [2.24, 2.45) is 0 Å². The Kier molecular flexibility index (Phi) is 53.6. The van der Waals surface area contributed by atoms with E-state index < -0.39 is 253 Å². The Morgan fingerprint density at radius 1 is 0.354 bits per heavy atom. The van der Waals surface area contributed by atoms with E-state index in [2.05, 4.69) is 42.5 Å². The Morgan fingerprint density at radius 3 is 0.969 bits per heavy atom. The standard InChI is InChI=1S/C78H125N10O38P/c1-43(2)88(44(3)4)127(116-27-17-23-79)117-39-35-106-28-22-64(103)87-58(75(105)82-26-31-109-34-38-112-78-67(85-47(7)91)73(123-56(16)100)70(120-53(13)97)61(126-78)42-115-50(10)94)19-21-63(102)86-57(74(104)81-25-30-108-33-37-111-77-66(84-46(6)90)72(122-55(15)99)69(119-52(12)96)60(125-77)41-114-49(9)93)18-20-62(101)80-24-29-107-32-36-110-76-65(83-45(5)89)71(121-54(14)98)68(118-51(11)95)59(124-76)40-113-48(8)92/h43-44,57-61,65-73,76-78H,17-22,24-42H2,1-16H3,(H,80,101)(H,81,104)(H,82,105)(H,83,89)(H,84,90)(H,85,91)(H,86,102)(H,87,103)/t57-,58-,59?,60?,61?,65?,66?,67?,68?,69?,70?,71?,72?,73?,76?,77?,78?,127?/m0/s1. The number of nitrogens with zero attached hydrogens (tertiary/aromatic N) is 2. The first kappa shape index (κ1) is 112. The second kappa shape index (κ2) is 61.0. The fourth-order valence-electron chi connectivity index (χ4n) is 12.7. The normalized spacial score (nSPS) is 22.6. The van der Waals surface area contributed by atoms with Crippen molar-refractivity contribution in [2.75, 3.05) is 125 Å². The van der Waals surface area contributed by atoms with Crippen molar-refractivity contribution in [1.29, 1.82) is 5.26 Å². The first-order valence-corrected chi connectivity index (χ1v) is 42.2. The molecule has 8 amide bonds. The zero-order valence-corrected chi connectivity index (χ0v) is 75.4. The fourth-order valence-corrected chi connectivity index (χ4v) is 14.3. The number of hydrogen-bond donors (Lipinski definition) is 8. The van der Waals surface area contributed by atoms with E-state index >= 15 is 0 Å². The molecule has 0 bridgehead atoms. The number of nitriles is 1. The van der Waals surface area contributed by atoms with Crippen molar-refractivity contribution in [1.82, 2.24) is 47.2 Å². The fraction of sp³-hybridized carbons (Fsp3) is 0.769.